The summed E-state index contributed by atoms with van der Waals surface area (Å²) in [5.41, 5.74) is 2.51. The summed E-state index contributed by atoms with van der Waals surface area (Å²) in [6.07, 6.45) is -4.43. The fourth-order valence-electron chi connectivity index (χ4n) is 3.65. The lowest BCUT2D eigenvalue weighted by Crippen LogP contribution is -2.28. The van der Waals surface area contributed by atoms with Gasteiger partial charge >= 0.3 is 6.18 Å². The van der Waals surface area contributed by atoms with Crippen LogP contribution in [0.4, 0.5) is 18.9 Å². The standard InChI is InChI=1S/C29H23Cl2F3N2OS/c1-19-3-2-4-25(15-19)38-28(35-23-10-8-22(9-11-23)29(32,33)34)36(17-20-5-12-24(37)13-6-20)18-21-7-14-26(30)27(31)16-21/h2-16,37H,17-18H2,1H3. The Hall–Kier alpha value is -3.13. The molecule has 1 N–H and O–H groups in total. The van der Waals surface area contributed by atoms with Crippen molar-refractivity contribution in [1.29, 1.82) is 0 Å². The molecule has 0 atom stereocenters. The first-order valence-corrected chi connectivity index (χ1v) is 13.1. The fraction of sp³-hybridized carbons (Fsp3) is 0.138. The highest BCUT2D eigenvalue weighted by molar-refractivity contribution is 8.13. The molecule has 0 heterocycles. The molecule has 4 aromatic rings. The van der Waals surface area contributed by atoms with Crippen LogP contribution in [0.5, 0.6) is 5.75 Å². The van der Waals surface area contributed by atoms with Gasteiger partial charge in [0, 0.05) is 18.0 Å². The van der Waals surface area contributed by atoms with Crippen LogP contribution in [0.1, 0.15) is 22.3 Å². The number of nitrogens with zero attached hydrogens (tertiary/aromatic N) is 2. The van der Waals surface area contributed by atoms with Crippen molar-refractivity contribution in [3.63, 3.8) is 0 Å². The SMILES string of the molecule is Cc1cccc(SC(=Nc2ccc(C(F)(F)F)cc2)N(Cc2ccc(O)cc2)Cc2ccc(Cl)c(Cl)c2)c1. The summed E-state index contributed by atoms with van der Waals surface area (Å²) >= 11 is 13.8. The Bertz CT molecular complexity index is 1430. The topological polar surface area (TPSA) is 35.8 Å². The van der Waals surface area contributed by atoms with Gasteiger partial charge in [-0.3, -0.25) is 0 Å². The van der Waals surface area contributed by atoms with E-state index in [2.05, 4.69) is 0 Å². The predicted octanol–water partition coefficient (Wildman–Crippen LogP) is 9.51. The third kappa shape index (κ3) is 7.69. The zero-order valence-corrected chi connectivity index (χ0v) is 22.5. The van der Waals surface area contributed by atoms with Crippen molar-refractivity contribution >= 4 is 45.8 Å². The van der Waals surface area contributed by atoms with Crippen LogP contribution in [0.3, 0.4) is 0 Å². The molecule has 4 aromatic carbocycles. The monoisotopic (exact) mass is 574 g/mol. The smallest absolute Gasteiger partial charge is 0.416 e. The molecule has 9 heteroatoms. The van der Waals surface area contributed by atoms with Gasteiger partial charge in [0.2, 0.25) is 0 Å². The lowest BCUT2D eigenvalue weighted by molar-refractivity contribution is -0.137. The second-order valence-corrected chi connectivity index (χ2v) is 10.5. The number of aliphatic imine (C=N–C) groups is 1. The number of thioether (sulfide) groups is 1. The molecule has 0 aliphatic heterocycles. The molecular weight excluding hydrogens is 552 g/mol. The van der Waals surface area contributed by atoms with Gasteiger partial charge < -0.3 is 10.0 Å². The summed E-state index contributed by atoms with van der Waals surface area (Å²) in [6.45, 7) is 2.80. The lowest BCUT2D eigenvalue weighted by Gasteiger charge is -2.26. The lowest BCUT2D eigenvalue weighted by atomic mass is 10.1. The van der Waals surface area contributed by atoms with E-state index in [1.165, 1.54) is 23.9 Å². The van der Waals surface area contributed by atoms with E-state index >= 15 is 0 Å². The molecule has 196 valence electrons. The third-order valence-corrected chi connectivity index (χ3v) is 7.32. The minimum atomic E-state index is -4.43. The average Bonchev–Trinajstić information content (AvgIpc) is 2.86. The molecule has 0 aliphatic carbocycles. The highest BCUT2D eigenvalue weighted by atomic mass is 35.5. The van der Waals surface area contributed by atoms with E-state index in [4.69, 9.17) is 28.2 Å². The number of halogens is 5. The number of aromatic hydroxyl groups is 1. The summed E-state index contributed by atoms with van der Waals surface area (Å²) in [7, 11) is 0. The summed E-state index contributed by atoms with van der Waals surface area (Å²) in [5.74, 6) is 0.151. The van der Waals surface area contributed by atoms with Gasteiger partial charge in [0.1, 0.15) is 5.75 Å². The first kappa shape index (κ1) is 27.9. The van der Waals surface area contributed by atoms with E-state index in [0.29, 0.717) is 34.0 Å². The van der Waals surface area contributed by atoms with Crippen molar-refractivity contribution in [3.05, 3.63) is 123 Å². The van der Waals surface area contributed by atoms with Gasteiger partial charge in [-0.1, -0.05) is 70.9 Å². The van der Waals surface area contributed by atoms with Crippen molar-refractivity contribution in [3.8, 4) is 5.75 Å². The number of benzene rings is 4. The number of amidine groups is 1. The van der Waals surface area contributed by atoms with Crippen LogP contribution in [-0.2, 0) is 19.3 Å². The number of aryl methyl sites for hydroxylation is 1. The van der Waals surface area contributed by atoms with Crippen molar-refractivity contribution in [2.45, 2.75) is 31.1 Å². The Balaban J connectivity index is 1.77. The van der Waals surface area contributed by atoms with Gasteiger partial charge in [0.15, 0.2) is 5.17 Å². The molecule has 0 aromatic heterocycles. The van der Waals surface area contributed by atoms with Crippen LogP contribution in [0, 0.1) is 6.92 Å². The van der Waals surface area contributed by atoms with Crippen LogP contribution in [-0.4, -0.2) is 15.2 Å². The highest BCUT2D eigenvalue weighted by Gasteiger charge is 2.30. The Morgan fingerprint density at radius 1 is 0.842 bits per heavy atom. The van der Waals surface area contributed by atoms with Crippen LogP contribution in [0.2, 0.25) is 10.0 Å². The van der Waals surface area contributed by atoms with Crippen molar-refractivity contribution < 1.29 is 18.3 Å². The molecule has 0 saturated carbocycles. The van der Waals surface area contributed by atoms with Crippen molar-refractivity contribution in [2.75, 3.05) is 0 Å². The molecule has 38 heavy (non-hydrogen) atoms. The number of hydrogen-bond acceptors (Lipinski definition) is 3. The zero-order chi connectivity index (χ0) is 27.3. The molecule has 4 rings (SSSR count). The van der Waals surface area contributed by atoms with Gasteiger partial charge in [0.25, 0.3) is 0 Å². The van der Waals surface area contributed by atoms with Crippen LogP contribution >= 0.6 is 35.0 Å². The van der Waals surface area contributed by atoms with Crippen LogP contribution < -0.4 is 0 Å². The van der Waals surface area contributed by atoms with Crippen LogP contribution in [0.25, 0.3) is 0 Å². The Labute approximate surface area is 233 Å². The summed E-state index contributed by atoms with van der Waals surface area (Å²) in [5, 5.41) is 11.2. The maximum atomic E-state index is 13.1. The van der Waals surface area contributed by atoms with E-state index in [-0.39, 0.29) is 5.75 Å². The highest BCUT2D eigenvalue weighted by Crippen LogP contribution is 2.32. The minimum absolute atomic E-state index is 0.151. The fourth-order valence-corrected chi connectivity index (χ4v) is 4.98. The number of phenols is 1. The number of rotatable bonds is 6. The van der Waals surface area contributed by atoms with E-state index in [9.17, 15) is 18.3 Å². The number of phenolic OH excluding ortho intramolecular Hbond substituents is 1. The van der Waals surface area contributed by atoms with E-state index in [1.54, 1.807) is 24.3 Å². The molecule has 0 saturated heterocycles. The molecule has 0 fully saturated rings. The molecule has 0 spiro atoms. The maximum absolute atomic E-state index is 13.1. The van der Waals surface area contributed by atoms with E-state index < -0.39 is 11.7 Å². The average molecular weight is 575 g/mol. The molecule has 0 aliphatic rings. The van der Waals surface area contributed by atoms with Crippen molar-refractivity contribution in [1.82, 2.24) is 4.90 Å². The summed E-state index contributed by atoms with van der Waals surface area (Å²) in [4.78, 5) is 7.73. The van der Waals surface area contributed by atoms with Crippen LogP contribution in [0.15, 0.2) is 101 Å². The predicted molar refractivity (Wildman–Crippen MR) is 149 cm³/mol. The Kier molecular flexibility index (Phi) is 8.92. The Morgan fingerprint density at radius 2 is 1.50 bits per heavy atom. The Morgan fingerprint density at radius 3 is 2.13 bits per heavy atom. The van der Waals surface area contributed by atoms with E-state index in [0.717, 1.165) is 33.7 Å². The quantitative estimate of drug-likeness (QED) is 0.141. The summed E-state index contributed by atoms with van der Waals surface area (Å²) < 4.78 is 39.4. The third-order valence-electron chi connectivity index (χ3n) is 5.56. The second-order valence-electron chi connectivity index (χ2n) is 8.63. The van der Waals surface area contributed by atoms with Gasteiger partial charge in [-0.15, -0.1) is 0 Å². The first-order chi connectivity index (χ1) is 18.1. The van der Waals surface area contributed by atoms with Gasteiger partial charge in [-0.25, -0.2) is 4.99 Å². The first-order valence-electron chi connectivity index (χ1n) is 11.5. The van der Waals surface area contributed by atoms with E-state index in [1.807, 2.05) is 54.3 Å². The molecule has 0 bridgehead atoms. The largest absolute Gasteiger partial charge is 0.508 e. The van der Waals surface area contributed by atoms with Gasteiger partial charge in [-0.2, -0.15) is 13.2 Å². The normalized spacial score (nSPS) is 12.0. The second kappa shape index (κ2) is 12.2. The van der Waals surface area contributed by atoms with Crippen molar-refractivity contribution in [2.24, 2.45) is 4.99 Å². The number of hydrogen-bond donors (Lipinski definition) is 1. The molecule has 0 radical (unpaired) electrons. The molecule has 0 unspecified atom stereocenters. The summed E-state index contributed by atoms with van der Waals surface area (Å²) in [6, 6.07) is 24.9. The van der Waals surface area contributed by atoms with Gasteiger partial charge in [0.05, 0.1) is 21.3 Å². The van der Waals surface area contributed by atoms with Gasteiger partial charge in [-0.05, 0) is 78.7 Å². The zero-order valence-electron chi connectivity index (χ0n) is 20.2. The maximum Gasteiger partial charge on any atom is 0.416 e. The minimum Gasteiger partial charge on any atom is -0.508 e. The molecule has 3 nitrogen and oxygen atoms in total. The molecular formula is C29H23Cl2F3N2OS. The molecule has 0 amide bonds. The number of alkyl halides is 3.